The van der Waals surface area contributed by atoms with E-state index in [1.54, 1.807) is 18.2 Å². The number of nitrogens with zero attached hydrogens (tertiary/aromatic N) is 1. The van der Waals surface area contributed by atoms with Crippen LogP contribution in [0.3, 0.4) is 0 Å². The van der Waals surface area contributed by atoms with Crippen molar-refractivity contribution in [1.29, 1.82) is 0 Å². The molecule has 5 heteroatoms. The van der Waals surface area contributed by atoms with Gasteiger partial charge in [-0.25, -0.2) is 0 Å². The molecule has 0 spiro atoms. The number of para-hydroxylation sites is 1. The Balaban J connectivity index is 1.82. The summed E-state index contributed by atoms with van der Waals surface area (Å²) < 4.78 is 5.80. The maximum absolute atomic E-state index is 6.22. The first-order valence-electron chi connectivity index (χ1n) is 6.56. The summed E-state index contributed by atoms with van der Waals surface area (Å²) in [6.07, 6.45) is -0.491. The van der Waals surface area contributed by atoms with Gasteiger partial charge >= 0.3 is 0 Å². The zero-order valence-electron chi connectivity index (χ0n) is 11.3. The molecule has 0 radical (unpaired) electrons. The fourth-order valence-electron chi connectivity index (χ4n) is 2.18. The van der Waals surface area contributed by atoms with E-state index in [9.17, 15) is 0 Å². The van der Waals surface area contributed by atoms with E-state index in [-0.39, 0.29) is 5.92 Å². The van der Waals surface area contributed by atoms with Crippen molar-refractivity contribution < 1.29 is 9.57 Å². The lowest BCUT2D eigenvalue weighted by molar-refractivity contribution is -0.0767. The molecule has 21 heavy (non-hydrogen) atoms. The van der Waals surface area contributed by atoms with Crippen LogP contribution in [0.4, 0.5) is 0 Å². The highest BCUT2D eigenvalue weighted by Gasteiger charge is 2.34. The fourth-order valence-corrected chi connectivity index (χ4v) is 2.78. The van der Waals surface area contributed by atoms with E-state index in [2.05, 4.69) is 5.16 Å². The van der Waals surface area contributed by atoms with Crippen molar-refractivity contribution in [2.24, 2.45) is 11.1 Å². The number of halogens is 2. The molecule has 0 aromatic heterocycles. The fraction of sp³-hybridized carbons (Fsp3) is 0.188. The molecular weight excluding hydrogens is 309 g/mol. The van der Waals surface area contributed by atoms with Crippen LogP contribution in [0.5, 0.6) is 5.75 Å². The third kappa shape index (κ3) is 2.85. The summed E-state index contributed by atoms with van der Waals surface area (Å²) >= 11 is 12.4. The molecular formula is C16H13Cl2NO2. The molecule has 1 aliphatic rings. The minimum atomic E-state index is -0.491. The second kappa shape index (κ2) is 5.96. The first-order chi connectivity index (χ1) is 10.2. The van der Waals surface area contributed by atoms with Crippen molar-refractivity contribution in [2.45, 2.75) is 13.2 Å². The molecule has 1 heterocycles. The van der Waals surface area contributed by atoms with Crippen LogP contribution in [-0.2, 0) is 4.84 Å². The lowest BCUT2D eigenvalue weighted by Crippen LogP contribution is -2.27. The molecule has 3 nitrogen and oxygen atoms in total. The number of ether oxygens (including phenoxy) is 1. The SMILES string of the molecule is C[C@@H]1C(c2c(Cl)cccc2Cl)=NO[C@H]1Oc1ccccc1. The first-order valence-corrected chi connectivity index (χ1v) is 7.32. The smallest absolute Gasteiger partial charge is 0.273 e. The molecule has 2 aromatic carbocycles. The zero-order chi connectivity index (χ0) is 14.8. The highest BCUT2D eigenvalue weighted by molar-refractivity contribution is 6.40. The van der Waals surface area contributed by atoms with Crippen molar-refractivity contribution in [3.8, 4) is 5.75 Å². The minimum Gasteiger partial charge on any atom is -0.452 e. The number of rotatable bonds is 3. The third-order valence-corrected chi connectivity index (χ3v) is 3.94. The minimum absolute atomic E-state index is 0.0809. The molecule has 0 N–H and O–H groups in total. The van der Waals surface area contributed by atoms with Crippen molar-refractivity contribution in [1.82, 2.24) is 0 Å². The van der Waals surface area contributed by atoms with Crippen LogP contribution >= 0.6 is 23.2 Å². The average molecular weight is 322 g/mol. The highest BCUT2D eigenvalue weighted by atomic mass is 35.5. The second-order valence-corrected chi connectivity index (χ2v) is 5.58. The Labute approximate surface area is 133 Å². The number of oxime groups is 1. The quantitative estimate of drug-likeness (QED) is 0.815. The van der Waals surface area contributed by atoms with Crippen molar-refractivity contribution in [2.75, 3.05) is 0 Å². The van der Waals surface area contributed by atoms with Gasteiger partial charge in [-0.3, -0.25) is 0 Å². The van der Waals surface area contributed by atoms with Crippen molar-refractivity contribution in [3.05, 3.63) is 64.1 Å². The van der Waals surface area contributed by atoms with E-state index < -0.39 is 6.29 Å². The topological polar surface area (TPSA) is 30.8 Å². The number of hydrogen-bond donors (Lipinski definition) is 0. The normalized spacial score (nSPS) is 20.8. The van der Waals surface area contributed by atoms with Gasteiger partial charge in [0.25, 0.3) is 6.29 Å². The summed E-state index contributed by atoms with van der Waals surface area (Å²) in [5.74, 6) is 0.652. The largest absolute Gasteiger partial charge is 0.452 e. The van der Waals surface area contributed by atoms with Crippen LogP contribution in [0.1, 0.15) is 12.5 Å². The molecule has 1 aliphatic heterocycles. The number of hydrogen-bond acceptors (Lipinski definition) is 3. The van der Waals surface area contributed by atoms with Gasteiger partial charge in [-0.1, -0.05) is 52.6 Å². The summed E-state index contributed by atoms with van der Waals surface area (Å²) in [7, 11) is 0. The molecule has 3 rings (SSSR count). The summed E-state index contributed by atoms with van der Waals surface area (Å²) in [6, 6.07) is 14.8. The van der Waals surface area contributed by atoms with Crippen molar-refractivity contribution >= 4 is 28.9 Å². The molecule has 2 atom stereocenters. The Hall–Kier alpha value is -1.71. The van der Waals surface area contributed by atoms with Gasteiger partial charge in [0.05, 0.1) is 16.0 Å². The van der Waals surface area contributed by atoms with Gasteiger partial charge in [-0.05, 0) is 31.2 Å². The average Bonchev–Trinajstić information content (AvgIpc) is 2.82. The maximum atomic E-state index is 6.22. The molecule has 0 amide bonds. The summed E-state index contributed by atoms with van der Waals surface area (Å²) in [4.78, 5) is 5.39. The van der Waals surface area contributed by atoms with Crippen LogP contribution in [0.15, 0.2) is 53.7 Å². The Morgan fingerprint density at radius 1 is 1.00 bits per heavy atom. The molecule has 108 valence electrons. The van der Waals surface area contributed by atoms with E-state index in [1.165, 1.54) is 0 Å². The number of benzene rings is 2. The van der Waals surface area contributed by atoms with Crippen LogP contribution < -0.4 is 4.74 Å². The van der Waals surface area contributed by atoms with Gasteiger partial charge in [-0.15, -0.1) is 0 Å². The van der Waals surface area contributed by atoms with Gasteiger partial charge < -0.3 is 9.57 Å². The predicted octanol–water partition coefficient (Wildman–Crippen LogP) is 4.77. The van der Waals surface area contributed by atoms with E-state index in [4.69, 9.17) is 32.8 Å². The van der Waals surface area contributed by atoms with Crippen molar-refractivity contribution in [3.63, 3.8) is 0 Å². The van der Waals surface area contributed by atoms with Gasteiger partial charge in [-0.2, -0.15) is 0 Å². The Kier molecular flexibility index (Phi) is 4.04. The molecule has 0 aliphatic carbocycles. The summed E-state index contributed by atoms with van der Waals surface area (Å²) in [6.45, 7) is 1.97. The molecule has 0 saturated carbocycles. The second-order valence-electron chi connectivity index (χ2n) is 4.77. The van der Waals surface area contributed by atoms with Crippen LogP contribution in [0.25, 0.3) is 0 Å². The lowest BCUT2D eigenvalue weighted by Gasteiger charge is -2.17. The third-order valence-electron chi connectivity index (χ3n) is 3.31. The summed E-state index contributed by atoms with van der Waals surface area (Å²) in [5, 5.41) is 5.21. The van der Waals surface area contributed by atoms with Gasteiger partial charge in [0.2, 0.25) is 0 Å². The molecule has 0 bridgehead atoms. The predicted molar refractivity (Wildman–Crippen MR) is 84.1 cm³/mol. The Morgan fingerprint density at radius 2 is 1.67 bits per heavy atom. The van der Waals surface area contributed by atoms with Gasteiger partial charge in [0.1, 0.15) is 11.5 Å². The van der Waals surface area contributed by atoms with Gasteiger partial charge in [0.15, 0.2) is 0 Å². The Bertz CT molecular complexity index is 653. The van der Waals surface area contributed by atoms with E-state index in [0.717, 1.165) is 5.75 Å². The highest BCUT2D eigenvalue weighted by Crippen LogP contribution is 2.32. The molecule has 0 unspecified atom stereocenters. The van der Waals surface area contributed by atoms with E-state index in [0.29, 0.717) is 21.3 Å². The molecule has 2 aromatic rings. The lowest BCUT2D eigenvalue weighted by atomic mass is 9.98. The maximum Gasteiger partial charge on any atom is 0.273 e. The van der Waals surface area contributed by atoms with E-state index >= 15 is 0 Å². The Morgan fingerprint density at radius 3 is 2.33 bits per heavy atom. The molecule has 0 fully saturated rings. The first kappa shape index (κ1) is 14.2. The zero-order valence-corrected chi connectivity index (χ0v) is 12.8. The van der Waals surface area contributed by atoms with Gasteiger partial charge in [0, 0.05) is 5.56 Å². The van der Waals surface area contributed by atoms with Crippen LogP contribution in [-0.4, -0.2) is 12.0 Å². The van der Waals surface area contributed by atoms with Crippen LogP contribution in [0.2, 0.25) is 10.0 Å². The standard InChI is InChI=1S/C16H13Cl2NO2/c1-10-15(14-12(17)8-5-9-13(14)18)19-21-16(10)20-11-6-3-2-4-7-11/h2-10,16H,1H3/t10-,16-/m1/s1. The monoisotopic (exact) mass is 321 g/mol. The summed E-state index contributed by atoms with van der Waals surface area (Å²) in [5.41, 5.74) is 1.40. The van der Waals surface area contributed by atoms with Crippen LogP contribution in [0, 0.1) is 5.92 Å². The van der Waals surface area contributed by atoms with E-state index in [1.807, 2.05) is 37.3 Å². The molecule has 0 saturated heterocycles.